The van der Waals surface area contributed by atoms with Crippen LogP contribution in [0.15, 0.2) is 24.3 Å². The summed E-state index contributed by atoms with van der Waals surface area (Å²) in [4.78, 5) is 0. The molecule has 1 unspecified atom stereocenters. The fourth-order valence-corrected chi connectivity index (χ4v) is 2.18. The van der Waals surface area contributed by atoms with Gasteiger partial charge in [-0.2, -0.15) is 8.78 Å². The van der Waals surface area contributed by atoms with E-state index in [0.29, 0.717) is 6.04 Å². The average Bonchev–Trinajstić information content (AvgIpc) is 3.16. The summed E-state index contributed by atoms with van der Waals surface area (Å²) in [5, 5.41) is 3.52. The molecule has 1 N–H and O–H groups in total. The van der Waals surface area contributed by atoms with Crippen molar-refractivity contribution in [2.24, 2.45) is 5.92 Å². The molecule has 0 amide bonds. The maximum atomic E-state index is 12.0. The van der Waals surface area contributed by atoms with Crippen molar-refractivity contribution in [1.29, 1.82) is 0 Å². The minimum absolute atomic E-state index is 0.211. The van der Waals surface area contributed by atoms with Gasteiger partial charge in [-0.05, 0) is 42.9 Å². The molecule has 1 aliphatic rings. The van der Waals surface area contributed by atoms with Gasteiger partial charge in [0.15, 0.2) is 0 Å². The third-order valence-corrected chi connectivity index (χ3v) is 3.35. The first-order valence-electron chi connectivity index (χ1n) is 6.46. The Hall–Kier alpha value is -1.16. The molecule has 2 rings (SSSR count). The Balaban J connectivity index is 1.82. The van der Waals surface area contributed by atoms with Gasteiger partial charge in [-0.25, -0.2) is 0 Å². The third-order valence-electron chi connectivity index (χ3n) is 3.35. The molecule has 1 saturated carbocycles. The van der Waals surface area contributed by atoms with Gasteiger partial charge in [-0.1, -0.05) is 19.1 Å². The molecule has 1 fully saturated rings. The first-order chi connectivity index (χ1) is 8.69. The topological polar surface area (TPSA) is 21.3 Å². The second kappa shape index (κ2) is 6.14. The molecule has 0 bridgehead atoms. The lowest BCUT2D eigenvalue weighted by atomic mass is 10.1. The van der Waals surface area contributed by atoms with Crippen LogP contribution in [0.5, 0.6) is 5.75 Å². The predicted octanol–water partition coefficient (Wildman–Crippen LogP) is 3.57. The average molecular weight is 255 g/mol. The molecule has 0 aliphatic heterocycles. The van der Waals surface area contributed by atoms with Crippen LogP contribution in [0.1, 0.15) is 31.7 Å². The Morgan fingerprint density at radius 1 is 1.28 bits per heavy atom. The molecule has 0 saturated heterocycles. The minimum atomic E-state index is -2.76. The number of benzene rings is 1. The van der Waals surface area contributed by atoms with Crippen molar-refractivity contribution in [1.82, 2.24) is 5.32 Å². The summed E-state index contributed by atoms with van der Waals surface area (Å²) in [5.41, 5.74) is 1.09. The molecule has 100 valence electrons. The van der Waals surface area contributed by atoms with Crippen molar-refractivity contribution >= 4 is 0 Å². The van der Waals surface area contributed by atoms with Gasteiger partial charge < -0.3 is 10.1 Å². The summed E-state index contributed by atoms with van der Waals surface area (Å²) < 4.78 is 28.3. The Labute approximate surface area is 106 Å². The van der Waals surface area contributed by atoms with Crippen LogP contribution >= 0.6 is 0 Å². The maximum Gasteiger partial charge on any atom is 0.387 e. The zero-order valence-electron chi connectivity index (χ0n) is 10.5. The molecule has 0 aromatic heterocycles. The summed E-state index contributed by atoms with van der Waals surface area (Å²) >= 11 is 0. The van der Waals surface area contributed by atoms with Gasteiger partial charge in [0.1, 0.15) is 5.75 Å². The second-order valence-corrected chi connectivity index (χ2v) is 4.76. The molecule has 4 heteroatoms. The Bertz CT molecular complexity index is 363. The first kappa shape index (κ1) is 13.3. The smallest absolute Gasteiger partial charge is 0.387 e. The lowest BCUT2D eigenvalue weighted by molar-refractivity contribution is -0.0498. The summed E-state index contributed by atoms with van der Waals surface area (Å²) in [7, 11) is 0. The van der Waals surface area contributed by atoms with Crippen LogP contribution in [0.4, 0.5) is 8.78 Å². The molecule has 0 radical (unpaired) electrons. The van der Waals surface area contributed by atoms with E-state index < -0.39 is 6.61 Å². The van der Waals surface area contributed by atoms with E-state index in [2.05, 4.69) is 17.0 Å². The molecule has 0 spiro atoms. The van der Waals surface area contributed by atoms with Crippen LogP contribution < -0.4 is 10.1 Å². The molecule has 1 aromatic carbocycles. The molecular weight excluding hydrogens is 236 g/mol. The Kier molecular flexibility index (Phi) is 4.53. The van der Waals surface area contributed by atoms with Crippen LogP contribution in [-0.4, -0.2) is 12.7 Å². The SMILES string of the molecule is CCC(NCc1ccc(OC(F)F)cc1)C1CC1. The lowest BCUT2D eigenvalue weighted by Crippen LogP contribution is -2.29. The van der Waals surface area contributed by atoms with Crippen molar-refractivity contribution < 1.29 is 13.5 Å². The number of ether oxygens (including phenoxy) is 1. The van der Waals surface area contributed by atoms with Crippen molar-refractivity contribution in [2.45, 2.75) is 45.4 Å². The van der Waals surface area contributed by atoms with Crippen molar-refractivity contribution in [3.63, 3.8) is 0 Å². The van der Waals surface area contributed by atoms with Gasteiger partial charge in [-0.15, -0.1) is 0 Å². The van der Waals surface area contributed by atoms with Crippen LogP contribution in [0, 0.1) is 5.92 Å². The highest BCUT2D eigenvalue weighted by Crippen LogP contribution is 2.34. The number of halogens is 2. The highest BCUT2D eigenvalue weighted by molar-refractivity contribution is 5.27. The lowest BCUT2D eigenvalue weighted by Gasteiger charge is -2.16. The predicted molar refractivity (Wildman–Crippen MR) is 66.7 cm³/mol. The fourth-order valence-electron chi connectivity index (χ4n) is 2.18. The van der Waals surface area contributed by atoms with Gasteiger partial charge in [-0.3, -0.25) is 0 Å². The number of nitrogens with one attached hydrogen (secondary N) is 1. The first-order valence-corrected chi connectivity index (χ1v) is 6.46. The number of alkyl halides is 2. The summed E-state index contributed by atoms with van der Waals surface area (Å²) in [5.74, 6) is 1.04. The minimum Gasteiger partial charge on any atom is -0.435 e. The number of hydrogen-bond donors (Lipinski definition) is 1. The quantitative estimate of drug-likeness (QED) is 0.804. The van der Waals surface area contributed by atoms with Crippen LogP contribution in [0.2, 0.25) is 0 Å². The standard InChI is InChI=1S/C14H19F2NO/c1-2-13(11-5-6-11)17-9-10-3-7-12(8-4-10)18-14(15)16/h3-4,7-8,11,13-14,17H,2,5-6,9H2,1H3. The molecule has 18 heavy (non-hydrogen) atoms. The Morgan fingerprint density at radius 2 is 1.94 bits per heavy atom. The summed E-state index contributed by atoms with van der Waals surface area (Å²) in [6.07, 6.45) is 3.79. The normalized spacial score (nSPS) is 16.9. The van der Waals surface area contributed by atoms with Gasteiger partial charge in [0.2, 0.25) is 0 Å². The van der Waals surface area contributed by atoms with Crippen LogP contribution in [-0.2, 0) is 6.54 Å². The summed E-state index contributed by atoms with van der Waals surface area (Å²) in [6, 6.07) is 7.40. The molecular formula is C14H19F2NO. The second-order valence-electron chi connectivity index (χ2n) is 4.76. The van der Waals surface area contributed by atoms with E-state index in [0.717, 1.165) is 24.4 Å². The largest absolute Gasteiger partial charge is 0.435 e. The number of hydrogen-bond acceptors (Lipinski definition) is 2. The van der Waals surface area contributed by atoms with Gasteiger partial charge in [0, 0.05) is 12.6 Å². The molecule has 0 heterocycles. The van der Waals surface area contributed by atoms with E-state index in [1.54, 1.807) is 12.1 Å². The third kappa shape index (κ3) is 3.95. The van der Waals surface area contributed by atoms with Crippen molar-refractivity contribution in [2.75, 3.05) is 0 Å². The van der Waals surface area contributed by atoms with Crippen molar-refractivity contribution in [3.8, 4) is 5.75 Å². The molecule has 1 atom stereocenters. The highest BCUT2D eigenvalue weighted by Gasteiger charge is 2.29. The summed E-state index contributed by atoms with van der Waals surface area (Å²) in [6.45, 7) is 0.216. The van der Waals surface area contributed by atoms with E-state index >= 15 is 0 Å². The maximum absolute atomic E-state index is 12.0. The van der Waals surface area contributed by atoms with E-state index in [1.807, 2.05) is 12.1 Å². The fraction of sp³-hybridized carbons (Fsp3) is 0.571. The van der Waals surface area contributed by atoms with Crippen molar-refractivity contribution in [3.05, 3.63) is 29.8 Å². The van der Waals surface area contributed by atoms with E-state index in [1.165, 1.54) is 12.8 Å². The molecule has 2 nitrogen and oxygen atoms in total. The van der Waals surface area contributed by atoms with Gasteiger partial charge in [0.05, 0.1) is 0 Å². The number of rotatable bonds is 7. The van der Waals surface area contributed by atoms with E-state index in [-0.39, 0.29) is 5.75 Å². The van der Waals surface area contributed by atoms with Crippen LogP contribution in [0.3, 0.4) is 0 Å². The van der Waals surface area contributed by atoms with E-state index in [4.69, 9.17) is 0 Å². The highest BCUT2D eigenvalue weighted by atomic mass is 19.3. The van der Waals surface area contributed by atoms with Crippen LogP contribution in [0.25, 0.3) is 0 Å². The zero-order chi connectivity index (χ0) is 13.0. The Morgan fingerprint density at radius 3 is 2.44 bits per heavy atom. The van der Waals surface area contributed by atoms with E-state index in [9.17, 15) is 8.78 Å². The zero-order valence-corrected chi connectivity index (χ0v) is 10.5. The monoisotopic (exact) mass is 255 g/mol. The van der Waals surface area contributed by atoms with Gasteiger partial charge >= 0.3 is 6.61 Å². The molecule has 1 aliphatic carbocycles. The van der Waals surface area contributed by atoms with Gasteiger partial charge in [0.25, 0.3) is 0 Å². The molecule has 1 aromatic rings.